The molecule has 5 nitrogen and oxygen atoms in total. The maximum absolute atomic E-state index is 12.6. The van der Waals surface area contributed by atoms with Gasteiger partial charge in [-0.3, -0.25) is 4.79 Å². The molecule has 0 aliphatic carbocycles. The van der Waals surface area contributed by atoms with Crippen LogP contribution in [0.25, 0.3) is 11.0 Å². The topological polar surface area (TPSA) is 68.5 Å². The summed E-state index contributed by atoms with van der Waals surface area (Å²) >= 11 is 0. The molecule has 1 amide bonds. The molecule has 1 aromatic heterocycles. The van der Waals surface area contributed by atoms with Gasteiger partial charge in [-0.25, -0.2) is 4.79 Å². The molecule has 3 aromatic rings. The van der Waals surface area contributed by atoms with E-state index in [9.17, 15) is 9.59 Å². The first-order valence-electron chi connectivity index (χ1n) is 7.90. The normalized spacial score (nSPS) is 10.7. The monoisotopic (exact) mass is 337 g/mol. The SMILES string of the molecule is COc1ccc2cc(C(=O)Nc3c(C)cc(C)cc3C)c(=O)oc2c1. The van der Waals surface area contributed by atoms with Crippen LogP contribution in [0, 0.1) is 20.8 Å². The van der Waals surface area contributed by atoms with Gasteiger partial charge in [0.15, 0.2) is 0 Å². The van der Waals surface area contributed by atoms with Crippen molar-refractivity contribution in [2.45, 2.75) is 20.8 Å². The molecule has 1 heterocycles. The van der Waals surface area contributed by atoms with Crippen molar-refractivity contribution in [2.75, 3.05) is 12.4 Å². The van der Waals surface area contributed by atoms with Crippen LogP contribution < -0.4 is 15.7 Å². The van der Waals surface area contributed by atoms with Crippen molar-refractivity contribution >= 4 is 22.6 Å². The molecule has 0 aliphatic rings. The Balaban J connectivity index is 2.00. The lowest BCUT2D eigenvalue weighted by Crippen LogP contribution is -2.21. The minimum Gasteiger partial charge on any atom is -0.497 e. The summed E-state index contributed by atoms with van der Waals surface area (Å²) in [6, 6.07) is 10.6. The summed E-state index contributed by atoms with van der Waals surface area (Å²) in [5.74, 6) is 0.0975. The second-order valence-corrected chi connectivity index (χ2v) is 6.08. The van der Waals surface area contributed by atoms with E-state index >= 15 is 0 Å². The summed E-state index contributed by atoms with van der Waals surface area (Å²) in [5.41, 5.74) is 3.39. The Labute approximate surface area is 145 Å². The predicted molar refractivity (Wildman–Crippen MR) is 97.6 cm³/mol. The van der Waals surface area contributed by atoms with Gasteiger partial charge < -0.3 is 14.5 Å². The van der Waals surface area contributed by atoms with E-state index in [1.54, 1.807) is 18.2 Å². The lowest BCUT2D eigenvalue weighted by atomic mass is 10.0. The molecule has 128 valence electrons. The van der Waals surface area contributed by atoms with Crippen molar-refractivity contribution in [3.05, 3.63) is 69.1 Å². The van der Waals surface area contributed by atoms with Crippen LogP contribution in [-0.2, 0) is 0 Å². The van der Waals surface area contributed by atoms with Crippen LogP contribution in [0.5, 0.6) is 5.75 Å². The van der Waals surface area contributed by atoms with Gasteiger partial charge in [0.25, 0.3) is 5.91 Å². The first kappa shape index (κ1) is 16.8. The minimum absolute atomic E-state index is 0.0305. The van der Waals surface area contributed by atoms with E-state index in [0.29, 0.717) is 22.4 Å². The number of methoxy groups -OCH3 is 1. The van der Waals surface area contributed by atoms with Crippen molar-refractivity contribution in [3.8, 4) is 5.75 Å². The Kier molecular flexibility index (Phi) is 4.31. The van der Waals surface area contributed by atoms with E-state index in [1.165, 1.54) is 13.2 Å². The van der Waals surface area contributed by atoms with Crippen molar-refractivity contribution in [1.29, 1.82) is 0 Å². The summed E-state index contributed by atoms with van der Waals surface area (Å²) in [6.45, 7) is 5.84. The van der Waals surface area contributed by atoms with Crippen LogP contribution >= 0.6 is 0 Å². The maximum atomic E-state index is 12.6. The molecule has 0 saturated carbocycles. The summed E-state index contributed by atoms with van der Waals surface area (Å²) in [7, 11) is 1.54. The Morgan fingerprint density at radius 1 is 1.04 bits per heavy atom. The molecule has 0 radical (unpaired) electrons. The number of amides is 1. The standard InChI is InChI=1S/C20H19NO4/c1-11-7-12(2)18(13(3)8-11)21-19(22)16-9-14-5-6-15(24-4)10-17(14)25-20(16)23/h5-10H,1-4H3,(H,21,22). The summed E-state index contributed by atoms with van der Waals surface area (Å²) < 4.78 is 10.4. The molecule has 0 fully saturated rings. The number of hydrogen-bond donors (Lipinski definition) is 1. The van der Waals surface area contributed by atoms with Crippen LogP contribution in [0.15, 0.2) is 45.6 Å². The Morgan fingerprint density at radius 2 is 1.72 bits per heavy atom. The largest absolute Gasteiger partial charge is 0.497 e. The fourth-order valence-corrected chi connectivity index (χ4v) is 2.93. The van der Waals surface area contributed by atoms with Gasteiger partial charge in [-0.2, -0.15) is 0 Å². The number of benzene rings is 2. The molecule has 5 heteroatoms. The van der Waals surface area contributed by atoms with E-state index in [-0.39, 0.29) is 5.56 Å². The van der Waals surface area contributed by atoms with Gasteiger partial charge in [0, 0.05) is 17.1 Å². The second kappa shape index (κ2) is 6.43. The van der Waals surface area contributed by atoms with Crippen LogP contribution in [-0.4, -0.2) is 13.0 Å². The third kappa shape index (κ3) is 3.26. The highest BCUT2D eigenvalue weighted by Gasteiger charge is 2.16. The van der Waals surface area contributed by atoms with E-state index in [2.05, 4.69) is 5.32 Å². The number of hydrogen-bond acceptors (Lipinski definition) is 4. The predicted octanol–water partition coefficient (Wildman–Crippen LogP) is 3.98. The summed E-state index contributed by atoms with van der Waals surface area (Å²) in [5, 5.41) is 3.48. The van der Waals surface area contributed by atoms with E-state index in [0.717, 1.165) is 16.7 Å². The van der Waals surface area contributed by atoms with Crippen LogP contribution in [0.3, 0.4) is 0 Å². The number of fused-ring (bicyclic) bond motifs is 1. The molecule has 1 N–H and O–H groups in total. The zero-order valence-electron chi connectivity index (χ0n) is 14.6. The summed E-state index contributed by atoms with van der Waals surface area (Å²) in [6.07, 6.45) is 0. The molecular formula is C20H19NO4. The van der Waals surface area contributed by atoms with Gasteiger partial charge in [-0.05, 0) is 50.1 Å². The average molecular weight is 337 g/mol. The molecule has 0 saturated heterocycles. The number of rotatable bonds is 3. The molecular weight excluding hydrogens is 318 g/mol. The summed E-state index contributed by atoms with van der Waals surface area (Å²) in [4.78, 5) is 24.8. The van der Waals surface area contributed by atoms with Crippen LogP contribution in [0.1, 0.15) is 27.0 Å². The van der Waals surface area contributed by atoms with Gasteiger partial charge in [-0.15, -0.1) is 0 Å². The molecule has 0 unspecified atom stereocenters. The Morgan fingerprint density at radius 3 is 2.36 bits per heavy atom. The molecule has 0 aliphatic heterocycles. The molecule has 0 bridgehead atoms. The molecule has 25 heavy (non-hydrogen) atoms. The number of aryl methyl sites for hydroxylation is 3. The Hall–Kier alpha value is -3.08. The fraction of sp³-hybridized carbons (Fsp3) is 0.200. The van der Waals surface area contributed by atoms with E-state index in [1.807, 2.05) is 32.9 Å². The molecule has 3 rings (SSSR count). The number of ether oxygens (including phenoxy) is 1. The number of carbonyl (C=O) groups excluding carboxylic acids is 1. The smallest absolute Gasteiger partial charge is 0.349 e. The van der Waals surface area contributed by atoms with Crippen molar-refractivity contribution in [3.63, 3.8) is 0 Å². The highest BCUT2D eigenvalue weighted by atomic mass is 16.5. The average Bonchev–Trinajstić information content (AvgIpc) is 2.56. The minimum atomic E-state index is -0.680. The quantitative estimate of drug-likeness (QED) is 0.734. The number of carbonyl (C=O) groups is 1. The van der Waals surface area contributed by atoms with Crippen molar-refractivity contribution in [1.82, 2.24) is 0 Å². The Bertz CT molecular complexity index is 1010. The lowest BCUT2D eigenvalue weighted by Gasteiger charge is -2.12. The van der Waals surface area contributed by atoms with Gasteiger partial charge in [-0.1, -0.05) is 17.7 Å². The fourth-order valence-electron chi connectivity index (χ4n) is 2.93. The first-order valence-corrected chi connectivity index (χ1v) is 7.90. The second-order valence-electron chi connectivity index (χ2n) is 6.08. The number of anilines is 1. The third-order valence-electron chi connectivity index (χ3n) is 4.10. The van der Waals surface area contributed by atoms with E-state index in [4.69, 9.17) is 9.15 Å². The molecule has 0 atom stereocenters. The number of nitrogens with one attached hydrogen (secondary N) is 1. The van der Waals surface area contributed by atoms with Gasteiger partial charge in [0.2, 0.25) is 0 Å². The van der Waals surface area contributed by atoms with Crippen LogP contribution in [0.2, 0.25) is 0 Å². The highest BCUT2D eigenvalue weighted by molar-refractivity contribution is 6.06. The lowest BCUT2D eigenvalue weighted by molar-refractivity contribution is 0.102. The zero-order chi connectivity index (χ0) is 18.1. The van der Waals surface area contributed by atoms with Gasteiger partial charge in [0.1, 0.15) is 16.9 Å². The highest BCUT2D eigenvalue weighted by Crippen LogP contribution is 2.24. The zero-order valence-corrected chi connectivity index (χ0v) is 14.6. The first-order chi connectivity index (χ1) is 11.9. The van der Waals surface area contributed by atoms with Crippen molar-refractivity contribution < 1.29 is 13.9 Å². The van der Waals surface area contributed by atoms with Crippen LogP contribution in [0.4, 0.5) is 5.69 Å². The van der Waals surface area contributed by atoms with Crippen molar-refractivity contribution in [2.24, 2.45) is 0 Å². The maximum Gasteiger partial charge on any atom is 0.349 e. The molecule has 0 spiro atoms. The van der Waals surface area contributed by atoms with Gasteiger partial charge >= 0.3 is 5.63 Å². The van der Waals surface area contributed by atoms with Gasteiger partial charge in [0.05, 0.1) is 7.11 Å². The molecule has 2 aromatic carbocycles. The third-order valence-corrected chi connectivity index (χ3v) is 4.10. The van der Waals surface area contributed by atoms with E-state index < -0.39 is 11.5 Å².